The first kappa shape index (κ1) is 21.6. The van der Waals surface area contributed by atoms with E-state index in [1.807, 2.05) is 0 Å². The van der Waals surface area contributed by atoms with Crippen molar-refractivity contribution in [2.24, 2.45) is 0 Å². The van der Waals surface area contributed by atoms with Gasteiger partial charge in [-0.05, 0) is 32.9 Å². The number of amides is 2. The van der Waals surface area contributed by atoms with Crippen molar-refractivity contribution in [3.8, 4) is 5.69 Å². The highest BCUT2D eigenvalue weighted by Crippen LogP contribution is 2.33. The van der Waals surface area contributed by atoms with Crippen molar-refractivity contribution < 1.29 is 27.5 Å². The molecule has 0 aliphatic carbocycles. The summed E-state index contributed by atoms with van der Waals surface area (Å²) in [5.41, 5.74) is -1.78. The number of rotatable bonds is 2. The molecule has 3 rings (SSSR count). The van der Waals surface area contributed by atoms with Gasteiger partial charge in [0, 0.05) is 26.2 Å². The van der Waals surface area contributed by atoms with Crippen LogP contribution in [0.3, 0.4) is 0 Å². The van der Waals surface area contributed by atoms with Crippen LogP contribution in [0, 0.1) is 0 Å². The van der Waals surface area contributed by atoms with Gasteiger partial charge in [0.15, 0.2) is 5.69 Å². The van der Waals surface area contributed by atoms with Crippen LogP contribution in [-0.2, 0) is 10.9 Å². The number of nitrogens with zero attached hydrogens (tertiary/aromatic N) is 5. The molecule has 1 aromatic carbocycles. The minimum atomic E-state index is -4.56. The number of halogens is 3. The van der Waals surface area contributed by atoms with Crippen LogP contribution >= 0.6 is 0 Å². The molecule has 2 amide bonds. The average Bonchev–Trinajstić information content (AvgIpc) is 3.15. The summed E-state index contributed by atoms with van der Waals surface area (Å²) in [5, 5.41) is 7.44. The number of carbonyl (C=O) groups excluding carboxylic acids is 2. The SMILES string of the molecule is CC(C)(C)OC(=O)N1CCN(C(=O)c2cn(-c3ccccc3C(F)(F)F)nn2)CC1. The number of alkyl halides is 3. The zero-order valence-corrected chi connectivity index (χ0v) is 16.8. The first-order chi connectivity index (χ1) is 14.0. The van der Waals surface area contributed by atoms with Crippen LogP contribution in [0.4, 0.5) is 18.0 Å². The second-order valence-corrected chi connectivity index (χ2v) is 7.82. The maximum atomic E-state index is 13.2. The molecule has 1 fully saturated rings. The predicted molar refractivity (Wildman–Crippen MR) is 100 cm³/mol. The van der Waals surface area contributed by atoms with Gasteiger partial charge in [0.25, 0.3) is 5.91 Å². The second kappa shape index (κ2) is 7.96. The quantitative estimate of drug-likeness (QED) is 0.739. The molecule has 1 aliphatic rings. The summed E-state index contributed by atoms with van der Waals surface area (Å²) in [6.07, 6.45) is -3.85. The molecule has 0 atom stereocenters. The summed E-state index contributed by atoms with van der Waals surface area (Å²) in [6, 6.07) is 4.92. The summed E-state index contributed by atoms with van der Waals surface area (Å²) in [5.74, 6) is -0.463. The minimum absolute atomic E-state index is 0.0716. The summed E-state index contributed by atoms with van der Waals surface area (Å²) in [4.78, 5) is 27.8. The van der Waals surface area contributed by atoms with E-state index in [0.29, 0.717) is 0 Å². The van der Waals surface area contributed by atoms with E-state index < -0.39 is 29.3 Å². The molecule has 0 N–H and O–H groups in total. The molecule has 162 valence electrons. The molecular weight excluding hydrogens is 403 g/mol. The molecule has 1 aliphatic heterocycles. The Bertz CT molecular complexity index is 928. The predicted octanol–water partition coefficient (Wildman–Crippen LogP) is 2.98. The highest BCUT2D eigenvalue weighted by atomic mass is 19.4. The minimum Gasteiger partial charge on any atom is -0.444 e. The van der Waals surface area contributed by atoms with Gasteiger partial charge in [-0.2, -0.15) is 13.2 Å². The van der Waals surface area contributed by atoms with Gasteiger partial charge in [-0.1, -0.05) is 17.3 Å². The fourth-order valence-corrected chi connectivity index (χ4v) is 2.97. The number of hydrogen-bond acceptors (Lipinski definition) is 5. The lowest BCUT2D eigenvalue weighted by Crippen LogP contribution is -2.51. The summed E-state index contributed by atoms with van der Waals surface area (Å²) in [6.45, 7) is 6.38. The molecule has 30 heavy (non-hydrogen) atoms. The molecule has 0 unspecified atom stereocenters. The van der Waals surface area contributed by atoms with Crippen LogP contribution in [0.25, 0.3) is 5.69 Å². The zero-order chi connectivity index (χ0) is 22.1. The number of ether oxygens (including phenoxy) is 1. The van der Waals surface area contributed by atoms with Crippen molar-refractivity contribution >= 4 is 12.0 Å². The molecule has 2 aromatic rings. The second-order valence-electron chi connectivity index (χ2n) is 7.82. The lowest BCUT2D eigenvalue weighted by molar-refractivity contribution is -0.137. The maximum Gasteiger partial charge on any atom is 0.418 e. The molecule has 0 saturated carbocycles. The van der Waals surface area contributed by atoms with E-state index in [4.69, 9.17) is 4.74 Å². The van der Waals surface area contributed by atoms with Crippen LogP contribution in [0.15, 0.2) is 30.5 Å². The van der Waals surface area contributed by atoms with Gasteiger partial charge in [-0.15, -0.1) is 5.10 Å². The number of aromatic nitrogens is 3. The Morgan fingerprint density at radius 3 is 2.20 bits per heavy atom. The number of piperazine rings is 1. The highest BCUT2D eigenvalue weighted by molar-refractivity contribution is 5.92. The maximum absolute atomic E-state index is 13.2. The fourth-order valence-electron chi connectivity index (χ4n) is 2.97. The number of carbonyl (C=O) groups is 2. The van der Waals surface area contributed by atoms with Crippen molar-refractivity contribution in [1.29, 1.82) is 0 Å². The van der Waals surface area contributed by atoms with Gasteiger partial charge in [0.2, 0.25) is 0 Å². The molecule has 2 heterocycles. The molecule has 1 aromatic heterocycles. The molecule has 0 bridgehead atoms. The van der Waals surface area contributed by atoms with Crippen LogP contribution in [-0.4, -0.2) is 68.6 Å². The molecule has 0 radical (unpaired) electrons. The van der Waals surface area contributed by atoms with E-state index in [9.17, 15) is 22.8 Å². The van der Waals surface area contributed by atoms with E-state index in [1.54, 1.807) is 20.8 Å². The normalized spacial score (nSPS) is 15.3. The topological polar surface area (TPSA) is 80.6 Å². The van der Waals surface area contributed by atoms with E-state index in [2.05, 4.69) is 10.3 Å². The largest absolute Gasteiger partial charge is 0.444 e. The van der Waals surface area contributed by atoms with Gasteiger partial charge in [-0.25, -0.2) is 9.48 Å². The van der Waals surface area contributed by atoms with E-state index in [1.165, 1.54) is 34.2 Å². The fraction of sp³-hybridized carbons (Fsp3) is 0.474. The van der Waals surface area contributed by atoms with Gasteiger partial charge >= 0.3 is 12.3 Å². The van der Waals surface area contributed by atoms with Crippen molar-refractivity contribution in [3.05, 3.63) is 41.7 Å². The molecule has 0 spiro atoms. The number of para-hydroxylation sites is 1. The van der Waals surface area contributed by atoms with Crippen molar-refractivity contribution in [1.82, 2.24) is 24.8 Å². The molecular formula is C19H22F3N5O3. The first-order valence-electron chi connectivity index (χ1n) is 9.32. The molecule has 11 heteroatoms. The number of benzene rings is 1. The van der Waals surface area contributed by atoms with Crippen LogP contribution in [0.2, 0.25) is 0 Å². The summed E-state index contributed by atoms with van der Waals surface area (Å²) < 4.78 is 45.9. The monoisotopic (exact) mass is 425 g/mol. The Hall–Kier alpha value is -3.11. The number of hydrogen-bond donors (Lipinski definition) is 0. The third kappa shape index (κ3) is 4.89. The Balaban J connectivity index is 1.68. The first-order valence-corrected chi connectivity index (χ1v) is 9.32. The van der Waals surface area contributed by atoms with Gasteiger partial charge in [0.05, 0.1) is 17.4 Å². The van der Waals surface area contributed by atoms with E-state index in [-0.39, 0.29) is 37.6 Å². The van der Waals surface area contributed by atoms with Crippen molar-refractivity contribution in [3.63, 3.8) is 0 Å². The smallest absolute Gasteiger partial charge is 0.418 e. The van der Waals surface area contributed by atoms with Gasteiger partial charge in [-0.3, -0.25) is 4.79 Å². The third-order valence-electron chi connectivity index (χ3n) is 4.39. The van der Waals surface area contributed by atoms with Gasteiger partial charge in [0.1, 0.15) is 5.60 Å². The molecule has 1 saturated heterocycles. The Kier molecular flexibility index (Phi) is 5.73. The Labute approximate surface area is 171 Å². The van der Waals surface area contributed by atoms with E-state index in [0.717, 1.165) is 10.7 Å². The lowest BCUT2D eigenvalue weighted by atomic mass is 10.1. The van der Waals surface area contributed by atoms with Gasteiger partial charge < -0.3 is 14.5 Å². The third-order valence-corrected chi connectivity index (χ3v) is 4.39. The van der Waals surface area contributed by atoms with E-state index >= 15 is 0 Å². The van der Waals surface area contributed by atoms with Crippen LogP contribution in [0.1, 0.15) is 36.8 Å². The summed E-state index contributed by atoms with van der Waals surface area (Å²) >= 11 is 0. The van der Waals surface area contributed by atoms with Crippen molar-refractivity contribution in [2.45, 2.75) is 32.5 Å². The zero-order valence-electron chi connectivity index (χ0n) is 16.8. The Morgan fingerprint density at radius 2 is 1.60 bits per heavy atom. The van der Waals surface area contributed by atoms with Crippen molar-refractivity contribution in [2.75, 3.05) is 26.2 Å². The van der Waals surface area contributed by atoms with Crippen LogP contribution in [0.5, 0.6) is 0 Å². The lowest BCUT2D eigenvalue weighted by Gasteiger charge is -2.35. The standard InChI is InChI=1S/C19H22F3N5O3/c1-18(2,3)30-17(29)26-10-8-25(9-11-26)16(28)14-12-27(24-23-14)15-7-5-4-6-13(15)19(20,21)22/h4-7,12H,8-11H2,1-3H3. The summed E-state index contributed by atoms with van der Waals surface area (Å²) in [7, 11) is 0. The Morgan fingerprint density at radius 1 is 1.00 bits per heavy atom. The highest BCUT2D eigenvalue weighted by Gasteiger charge is 2.34. The van der Waals surface area contributed by atoms with Crippen LogP contribution < -0.4 is 0 Å². The average molecular weight is 425 g/mol. The molecule has 8 nitrogen and oxygen atoms in total.